The number of aromatic nitrogens is 2. The summed E-state index contributed by atoms with van der Waals surface area (Å²) in [5.74, 6) is -0.643. The van der Waals surface area contributed by atoms with Crippen molar-refractivity contribution in [2.24, 2.45) is 0 Å². The van der Waals surface area contributed by atoms with Crippen LogP contribution in [0.3, 0.4) is 0 Å². The van der Waals surface area contributed by atoms with Crippen molar-refractivity contribution in [3.8, 4) is 0 Å². The van der Waals surface area contributed by atoms with Crippen molar-refractivity contribution < 1.29 is 13.9 Å². The van der Waals surface area contributed by atoms with E-state index in [-0.39, 0.29) is 17.3 Å². The van der Waals surface area contributed by atoms with Gasteiger partial charge >= 0.3 is 5.97 Å². The Labute approximate surface area is 151 Å². The third kappa shape index (κ3) is 3.96. The molecule has 1 N–H and O–H groups in total. The number of nitrogens with zero attached hydrogens (tertiary/aromatic N) is 2. The average molecular weight is 353 g/mol. The van der Waals surface area contributed by atoms with Gasteiger partial charge in [0.1, 0.15) is 5.82 Å². The van der Waals surface area contributed by atoms with E-state index < -0.39 is 5.97 Å². The molecule has 0 saturated carbocycles. The molecule has 0 aliphatic rings. The highest BCUT2D eigenvalue weighted by atomic mass is 19.1. The van der Waals surface area contributed by atoms with Gasteiger partial charge < -0.3 is 10.1 Å². The zero-order valence-corrected chi connectivity index (χ0v) is 14.8. The molecule has 26 heavy (non-hydrogen) atoms. The quantitative estimate of drug-likeness (QED) is 0.510. The molecular formula is C20H20FN3O2. The van der Waals surface area contributed by atoms with Crippen LogP contribution in [0.1, 0.15) is 35.8 Å². The van der Waals surface area contributed by atoms with Gasteiger partial charge in [0.05, 0.1) is 17.6 Å². The van der Waals surface area contributed by atoms with Gasteiger partial charge in [-0.2, -0.15) is 0 Å². The Morgan fingerprint density at radius 3 is 2.58 bits per heavy atom. The van der Waals surface area contributed by atoms with E-state index in [0.29, 0.717) is 28.9 Å². The van der Waals surface area contributed by atoms with Crippen LogP contribution < -0.4 is 5.32 Å². The van der Waals surface area contributed by atoms with Crippen molar-refractivity contribution in [2.75, 3.05) is 11.9 Å². The lowest BCUT2D eigenvalue weighted by Gasteiger charge is -2.12. The number of aryl methyl sites for hydroxylation is 1. The Bertz CT molecular complexity index is 943. The number of nitrogens with one attached hydrogen (secondary N) is 1. The second-order valence-corrected chi connectivity index (χ2v) is 5.99. The molecule has 5 nitrogen and oxygen atoms in total. The maximum absolute atomic E-state index is 13.8. The molecule has 0 radical (unpaired) electrons. The SMILES string of the molecule is CCCCOC(=O)c1nc2ccccc2nc1Nc1ccc(C)c(F)c1. The van der Waals surface area contributed by atoms with Crippen LogP contribution in [-0.4, -0.2) is 22.5 Å². The average Bonchev–Trinajstić information content (AvgIpc) is 2.64. The van der Waals surface area contributed by atoms with E-state index >= 15 is 0 Å². The van der Waals surface area contributed by atoms with Gasteiger partial charge in [0, 0.05) is 5.69 Å². The fourth-order valence-corrected chi connectivity index (χ4v) is 2.41. The molecule has 1 heterocycles. The summed E-state index contributed by atoms with van der Waals surface area (Å²) >= 11 is 0. The van der Waals surface area contributed by atoms with Crippen LogP contribution in [0.4, 0.5) is 15.9 Å². The second kappa shape index (κ2) is 7.91. The first-order chi connectivity index (χ1) is 12.6. The number of rotatable bonds is 6. The lowest BCUT2D eigenvalue weighted by Crippen LogP contribution is -2.13. The molecule has 1 aromatic heterocycles. The number of anilines is 2. The standard InChI is InChI=1S/C20H20FN3O2/c1-3-4-11-26-20(25)18-19(22-14-10-9-13(2)15(21)12-14)24-17-8-6-5-7-16(17)23-18/h5-10,12H,3-4,11H2,1-2H3,(H,22,24). The van der Waals surface area contributed by atoms with Gasteiger partial charge in [0.25, 0.3) is 0 Å². The number of ether oxygens (including phenoxy) is 1. The highest BCUT2D eigenvalue weighted by molar-refractivity contribution is 5.96. The van der Waals surface area contributed by atoms with Gasteiger partial charge in [-0.25, -0.2) is 19.2 Å². The van der Waals surface area contributed by atoms with E-state index in [0.717, 1.165) is 12.8 Å². The molecule has 0 bridgehead atoms. The van der Waals surface area contributed by atoms with E-state index in [1.54, 1.807) is 31.2 Å². The number of carbonyl (C=O) groups is 1. The predicted molar refractivity (Wildman–Crippen MR) is 99.1 cm³/mol. The Morgan fingerprint density at radius 2 is 1.88 bits per heavy atom. The molecule has 0 spiro atoms. The summed E-state index contributed by atoms with van der Waals surface area (Å²) in [6.45, 7) is 4.02. The molecule has 134 valence electrons. The van der Waals surface area contributed by atoms with E-state index in [9.17, 15) is 9.18 Å². The lowest BCUT2D eigenvalue weighted by atomic mass is 10.2. The number of halogens is 1. The first kappa shape index (κ1) is 17.8. The smallest absolute Gasteiger partial charge is 0.360 e. The molecule has 2 aromatic carbocycles. The summed E-state index contributed by atoms with van der Waals surface area (Å²) in [5, 5.41) is 2.99. The maximum atomic E-state index is 13.8. The fraction of sp³-hybridized carbons (Fsp3) is 0.250. The number of fused-ring (bicyclic) bond motifs is 1. The summed E-state index contributed by atoms with van der Waals surface area (Å²) in [6, 6.07) is 12.0. The Kier molecular flexibility index (Phi) is 5.41. The molecule has 0 atom stereocenters. The largest absolute Gasteiger partial charge is 0.461 e. The van der Waals surface area contributed by atoms with Crippen LogP contribution in [0.5, 0.6) is 0 Å². The maximum Gasteiger partial charge on any atom is 0.360 e. The number of esters is 1. The minimum atomic E-state index is -0.549. The summed E-state index contributed by atoms with van der Waals surface area (Å²) in [6.07, 6.45) is 1.70. The summed E-state index contributed by atoms with van der Waals surface area (Å²) in [4.78, 5) is 21.3. The Balaban J connectivity index is 1.98. The molecule has 3 rings (SSSR count). The molecule has 0 aliphatic heterocycles. The van der Waals surface area contributed by atoms with Crippen LogP contribution in [0.15, 0.2) is 42.5 Å². The fourth-order valence-electron chi connectivity index (χ4n) is 2.41. The van der Waals surface area contributed by atoms with Gasteiger partial charge in [0.15, 0.2) is 11.5 Å². The zero-order chi connectivity index (χ0) is 18.5. The van der Waals surface area contributed by atoms with Gasteiger partial charge in [-0.05, 0) is 43.2 Å². The van der Waals surface area contributed by atoms with Crippen molar-refractivity contribution in [2.45, 2.75) is 26.7 Å². The zero-order valence-electron chi connectivity index (χ0n) is 14.8. The number of unbranched alkanes of at least 4 members (excludes halogenated alkanes) is 1. The van der Waals surface area contributed by atoms with E-state index in [1.807, 2.05) is 19.1 Å². The molecule has 3 aromatic rings. The molecule has 0 unspecified atom stereocenters. The van der Waals surface area contributed by atoms with Crippen molar-refractivity contribution in [1.29, 1.82) is 0 Å². The van der Waals surface area contributed by atoms with Crippen LogP contribution in [0.2, 0.25) is 0 Å². The monoisotopic (exact) mass is 353 g/mol. The van der Waals surface area contributed by atoms with Gasteiger partial charge in [-0.1, -0.05) is 31.5 Å². The highest BCUT2D eigenvalue weighted by Crippen LogP contribution is 2.23. The minimum absolute atomic E-state index is 0.0841. The number of benzene rings is 2. The van der Waals surface area contributed by atoms with Crippen LogP contribution in [0, 0.1) is 12.7 Å². The summed E-state index contributed by atoms with van der Waals surface area (Å²) < 4.78 is 19.1. The molecule has 6 heteroatoms. The third-order valence-corrected chi connectivity index (χ3v) is 3.93. The topological polar surface area (TPSA) is 64.1 Å². The second-order valence-electron chi connectivity index (χ2n) is 5.99. The summed E-state index contributed by atoms with van der Waals surface area (Å²) in [5.41, 5.74) is 2.34. The van der Waals surface area contributed by atoms with Gasteiger partial charge in [-0.15, -0.1) is 0 Å². The van der Waals surface area contributed by atoms with Crippen molar-refractivity contribution >= 4 is 28.5 Å². The first-order valence-electron chi connectivity index (χ1n) is 8.55. The lowest BCUT2D eigenvalue weighted by molar-refractivity contribution is 0.0494. The highest BCUT2D eigenvalue weighted by Gasteiger charge is 2.18. The number of para-hydroxylation sites is 2. The van der Waals surface area contributed by atoms with Crippen molar-refractivity contribution in [3.05, 3.63) is 59.5 Å². The molecule has 0 fully saturated rings. The molecule has 0 saturated heterocycles. The number of hydrogen-bond acceptors (Lipinski definition) is 5. The molecular weight excluding hydrogens is 333 g/mol. The van der Waals surface area contributed by atoms with E-state index in [2.05, 4.69) is 15.3 Å². The van der Waals surface area contributed by atoms with Gasteiger partial charge in [0.2, 0.25) is 0 Å². The normalized spacial score (nSPS) is 10.7. The van der Waals surface area contributed by atoms with Crippen LogP contribution in [-0.2, 0) is 4.74 Å². The predicted octanol–water partition coefficient (Wildman–Crippen LogP) is 4.78. The van der Waals surface area contributed by atoms with E-state index in [1.165, 1.54) is 6.07 Å². The Morgan fingerprint density at radius 1 is 1.15 bits per heavy atom. The Hall–Kier alpha value is -3.02. The third-order valence-electron chi connectivity index (χ3n) is 3.93. The number of carbonyl (C=O) groups excluding carboxylic acids is 1. The van der Waals surface area contributed by atoms with Crippen molar-refractivity contribution in [3.63, 3.8) is 0 Å². The number of hydrogen-bond donors (Lipinski definition) is 1. The summed E-state index contributed by atoms with van der Waals surface area (Å²) in [7, 11) is 0. The first-order valence-corrected chi connectivity index (χ1v) is 8.55. The van der Waals surface area contributed by atoms with E-state index in [4.69, 9.17) is 4.74 Å². The van der Waals surface area contributed by atoms with Crippen LogP contribution >= 0.6 is 0 Å². The van der Waals surface area contributed by atoms with Crippen LogP contribution in [0.25, 0.3) is 11.0 Å². The minimum Gasteiger partial charge on any atom is -0.461 e. The molecule has 0 aliphatic carbocycles. The molecule has 0 amide bonds. The van der Waals surface area contributed by atoms with Gasteiger partial charge in [-0.3, -0.25) is 0 Å². The van der Waals surface area contributed by atoms with Crippen molar-refractivity contribution in [1.82, 2.24) is 9.97 Å².